The molecule has 1 heterocycles. The Bertz CT molecular complexity index is 579. The van der Waals surface area contributed by atoms with Gasteiger partial charge in [0.25, 0.3) is 5.91 Å². The summed E-state index contributed by atoms with van der Waals surface area (Å²) in [6, 6.07) is 4.73. The number of nitrogen functional groups attached to an aromatic ring is 2. The number of carbonyl (C=O) groups is 1. The average molecular weight is 260 g/mol. The van der Waals surface area contributed by atoms with Crippen molar-refractivity contribution in [3.63, 3.8) is 0 Å². The van der Waals surface area contributed by atoms with Crippen molar-refractivity contribution in [2.75, 3.05) is 11.5 Å². The SMILES string of the molecule is Cc1nc(CNC(=O)c2cc(N)cc(N)c2)oc1C. The molecule has 2 aromatic rings. The summed E-state index contributed by atoms with van der Waals surface area (Å²) in [7, 11) is 0. The Balaban J connectivity index is 2.05. The van der Waals surface area contributed by atoms with Gasteiger partial charge in [0.05, 0.1) is 12.2 Å². The number of hydrogen-bond acceptors (Lipinski definition) is 5. The van der Waals surface area contributed by atoms with Crippen LogP contribution in [0.25, 0.3) is 0 Å². The summed E-state index contributed by atoms with van der Waals surface area (Å²) in [5.41, 5.74) is 13.4. The number of rotatable bonds is 3. The zero-order valence-electron chi connectivity index (χ0n) is 10.9. The Morgan fingerprint density at radius 1 is 1.26 bits per heavy atom. The standard InChI is InChI=1S/C13H16N4O2/c1-7-8(2)19-12(17-7)6-16-13(18)9-3-10(14)5-11(15)4-9/h3-5H,6,14-15H2,1-2H3,(H,16,18). The summed E-state index contributed by atoms with van der Waals surface area (Å²) in [4.78, 5) is 16.1. The Morgan fingerprint density at radius 3 is 2.42 bits per heavy atom. The van der Waals surface area contributed by atoms with E-state index in [1.54, 1.807) is 18.2 Å². The Kier molecular flexibility index (Phi) is 3.41. The number of aromatic nitrogens is 1. The van der Waals surface area contributed by atoms with Crippen molar-refractivity contribution in [3.05, 3.63) is 41.1 Å². The van der Waals surface area contributed by atoms with E-state index in [9.17, 15) is 4.79 Å². The van der Waals surface area contributed by atoms with Crippen molar-refractivity contribution >= 4 is 17.3 Å². The van der Waals surface area contributed by atoms with Gasteiger partial charge in [0.2, 0.25) is 5.89 Å². The van der Waals surface area contributed by atoms with E-state index in [0.29, 0.717) is 22.8 Å². The number of amides is 1. The molecule has 5 N–H and O–H groups in total. The lowest BCUT2D eigenvalue weighted by atomic mass is 10.1. The second-order valence-corrected chi connectivity index (χ2v) is 4.32. The molecule has 1 aromatic heterocycles. The number of nitrogens with zero attached hydrogens (tertiary/aromatic N) is 1. The molecule has 0 aliphatic rings. The molecule has 0 aliphatic heterocycles. The van der Waals surface area contributed by atoms with Crippen LogP contribution in [0.4, 0.5) is 11.4 Å². The summed E-state index contributed by atoms with van der Waals surface area (Å²) in [5, 5.41) is 2.70. The topological polar surface area (TPSA) is 107 Å². The number of benzene rings is 1. The molecule has 0 bridgehead atoms. The predicted octanol–water partition coefficient (Wildman–Crippen LogP) is 1.39. The summed E-state index contributed by atoms with van der Waals surface area (Å²) >= 11 is 0. The summed E-state index contributed by atoms with van der Waals surface area (Å²) < 4.78 is 5.37. The molecule has 0 saturated heterocycles. The highest BCUT2D eigenvalue weighted by Crippen LogP contribution is 2.14. The van der Waals surface area contributed by atoms with E-state index in [1.165, 1.54) is 0 Å². The maximum atomic E-state index is 11.9. The molecule has 0 atom stereocenters. The van der Waals surface area contributed by atoms with Crippen LogP contribution >= 0.6 is 0 Å². The van der Waals surface area contributed by atoms with Crippen LogP contribution in [0.5, 0.6) is 0 Å². The maximum Gasteiger partial charge on any atom is 0.251 e. The minimum absolute atomic E-state index is 0.224. The quantitative estimate of drug-likeness (QED) is 0.723. The third-order valence-corrected chi connectivity index (χ3v) is 2.71. The van der Waals surface area contributed by atoms with Gasteiger partial charge in [0, 0.05) is 16.9 Å². The highest BCUT2D eigenvalue weighted by Gasteiger charge is 2.10. The zero-order valence-corrected chi connectivity index (χ0v) is 10.9. The van der Waals surface area contributed by atoms with Gasteiger partial charge in [-0.15, -0.1) is 0 Å². The average Bonchev–Trinajstić information content (AvgIpc) is 2.64. The summed E-state index contributed by atoms with van der Waals surface area (Å²) in [5.74, 6) is 0.949. The second-order valence-electron chi connectivity index (χ2n) is 4.32. The van der Waals surface area contributed by atoms with Crippen molar-refractivity contribution in [1.29, 1.82) is 0 Å². The van der Waals surface area contributed by atoms with Crippen molar-refractivity contribution in [3.8, 4) is 0 Å². The first-order valence-corrected chi connectivity index (χ1v) is 5.83. The lowest BCUT2D eigenvalue weighted by molar-refractivity contribution is 0.0947. The first-order valence-electron chi connectivity index (χ1n) is 5.83. The number of hydrogen-bond donors (Lipinski definition) is 3. The van der Waals surface area contributed by atoms with Crippen LogP contribution in [0.2, 0.25) is 0 Å². The number of aryl methyl sites for hydroxylation is 2. The van der Waals surface area contributed by atoms with E-state index >= 15 is 0 Å². The molecule has 2 rings (SSSR count). The minimum atomic E-state index is -0.271. The van der Waals surface area contributed by atoms with Gasteiger partial charge >= 0.3 is 0 Å². The van der Waals surface area contributed by atoms with E-state index in [2.05, 4.69) is 10.3 Å². The molecule has 1 amide bonds. The van der Waals surface area contributed by atoms with Crippen LogP contribution in [0.3, 0.4) is 0 Å². The fourth-order valence-electron chi connectivity index (χ4n) is 1.68. The van der Waals surface area contributed by atoms with E-state index in [0.717, 1.165) is 11.5 Å². The van der Waals surface area contributed by atoms with Gasteiger partial charge < -0.3 is 21.2 Å². The molecule has 19 heavy (non-hydrogen) atoms. The van der Waals surface area contributed by atoms with Gasteiger partial charge in [0.1, 0.15) is 5.76 Å². The molecule has 0 radical (unpaired) electrons. The van der Waals surface area contributed by atoms with E-state index in [-0.39, 0.29) is 12.5 Å². The lowest BCUT2D eigenvalue weighted by Crippen LogP contribution is -2.23. The lowest BCUT2D eigenvalue weighted by Gasteiger charge is -2.05. The number of anilines is 2. The number of carbonyl (C=O) groups excluding carboxylic acids is 1. The second kappa shape index (κ2) is 5.01. The fraction of sp³-hybridized carbons (Fsp3) is 0.231. The van der Waals surface area contributed by atoms with Gasteiger partial charge in [-0.1, -0.05) is 0 Å². The number of nitrogens with one attached hydrogen (secondary N) is 1. The molecular weight excluding hydrogens is 244 g/mol. The fourth-order valence-corrected chi connectivity index (χ4v) is 1.68. The van der Waals surface area contributed by atoms with Gasteiger partial charge in [0.15, 0.2) is 0 Å². The van der Waals surface area contributed by atoms with Crippen LogP contribution in [-0.2, 0) is 6.54 Å². The Morgan fingerprint density at radius 2 is 1.89 bits per heavy atom. The molecule has 0 spiro atoms. The minimum Gasteiger partial charge on any atom is -0.444 e. The van der Waals surface area contributed by atoms with Crippen LogP contribution in [0.15, 0.2) is 22.6 Å². The molecule has 6 nitrogen and oxygen atoms in total. The molecule has 6 heteroatoms. The van der Waals surface area contributed by atoms with Gasteiger partial charge in [-0.25, -0.2) is 4.98 Å². The molecule has 0 fully saturated rings. The zero-order chi connectivity index (χ0) is 14.0. The number of oxazole rings is 1. The summed E-state index contributed by atoms with van der Waals surface area (Å²) in [6.45, 7) is 3.90. The highest BCUT2D eigenvalue weighted by molar-refractivity contribution is 5.96. The molecular formula is C13H16N4O2. The Labute approximate surface area is 110 Å². The first-order chi connectivity index (χ1) is 8.95. The van der Waals surface area contributed by atoms with E-state index < -0.39 is 0 Å². The third-order valence-electron chi connectivity index (χ3n) is 2.71. The van der Waals surface area contributed by atoms with Gasteiger partial charge in [-0.2, -0.15) is 0 Å². The Hall–Kier alpha value is -2.50. The van der Waals surface area contributed by atoms with Crippen molar-refractivity contribution in [2.24, 2.45) is 0 Å². The van der Waals surface area contributed by atoms with Crippen molar-refractivity contribution < 1.29 is 9.21 Å². The van der Waals surface area contributed by atoms with E-state index in [1.807, 2.05) is 13.8 Å². The van der Waals surface area contributed by atoms with Crippen LogP contribution < -0.4 is 16.8 Å². The maximum absolute atomic E-state index is 11.9. The van der Waals surface area contributed by atoms with E-state index in [4.69, 9.17) is 15.9 Å². The predicted molar refractivity (Wildman–Crippen MR) is 72.4 cm³/mol. The van der Waals surface area contributed by atoms with Crippen molar-refractivity contribution in [2.45, 2.75) is 20.4 Å². The third kappa shape index (κ3) is 3.04. The molecule has 0 unspecified atom stereocenters. The summed E-state index contributed by atoms with van der Waals surface area (Å²) in [6.07, 6.45) is 0. The van der Waals surface area contributed by atoms with Crippen LogP contribution in [0, 0.1) is 13.8 Å². The smallest absolute Gasteiger partial charge is 0.251 e. The number of nitrogens with two attached hydrogens (primary N) is 2. The van der Waals surface area contributed by atoms with Crippen LogP contribution in [0.1, 0.15) is 27.7 Å². The molecule has 0 aliphatic carbocycles. The molecule has 1 aromatic carbocycles. The van der Waals surface area contributed by atoms with Gasteiger partial charge in [-0.3, -0.25) is 4.79 Å². The normalized spacial score (nSPS) is 10.4. The monoisotopic (exact) mass is 260 g/mol. The first kappa shape index (κ1) is 12.9. The molecule has 100 valence electrons. The largest absolute Gasteiger partial charge is 0.444 e. The highest BCUT2D eigenvalue weighted by atomic mass is 16.4. The van der Waals surface area contributed by atoms with Crippen molar-refractivity contribution in [1.82, 2.24) is 10.3 Å². The van der Waals surface area contributed by atoms with Crippen LogP contribution in [-0.4, -0.2) is 10.9 Å². The molecule has 0 saturated carbocycles. The van der Waals surface area contributed by atoms with Gasteiger partial charge in [-0.05, 0) is 32.0 Å².